The molecule has 0 bridgehead atoms. The highest BCUT2D eigenvalue weighted by Crippen LogP contribution is 2.41. The Morgan fingerprint density at radius 2 is 2.10 bits per heavy atom. The average Bonchev–Trinajstić information content (AvgIpc) is 2.41. The summed E-state index contributed by atoms with van der Waals surface area (Å²) in [5.74, 6) is 0.642. The van der Waals surface area contributed by atoms with E-state index in [1.165, 1.54) is 23.1 Å². The van der Waals surface area contributed by atoms with E-state index in [0.29, 0.717) is 12.0 Å². The largest absolute Gasteiger partial charge is 0.313 e. The quantitative estimate of drug-likeness (QED) is 0.809. The Morgan fingerprint density at radius 1 is 1.30 bits per heavy atom. The third-order valence-corrected chi connectivity index (χ3v) is 4.99. The molecule has 2 atom stereocenters. The minimum atomic E-state index is 0.300. The lowest BCUT2D eigenvalue weighted by molar-refractivity contribution is 0.452. The van der Waals surface area contributed by atoms with Gasteiger partial charge < -0.3 is 5.32 Å². The van der Waals surface area contributed by atoms with Gasteiger partial charge in [-0.1, -0.05) is 57.9 Å². The first-order valence-corrected chi connectivity index (χ1v) is 8.06. The molecule has 1 N–H and O–H groups in total. The van der Waals surface area contributed by atoms with E-state index in [1.807, 2.05) is 13.1 Å². The number of rotatable bonds is 4. The molecule has 0 amide bonds. The summed E-state index contributed by atoms with van der Waals surface area (Å²) >= 11 is 9.84. The molecule has 0 saturated heterocycles. The summed E-state index contributed by atoms with van der Waals surface area (Å²) in [6.45, 7) is 0. The van der Waals surface area contributed by atoms with Gasteiger partial charge in [-0.15, -0.1) is 0 Å². The number of halogens is 2. The Morgan fingerprint density at radius 3 is 2.80 bits per heavy atom. The predicted molar refractivity (Wildman–Crippen MR) is 88.5 cm³/mol. The lowest BCUT2D eigenvalue weighted by Crippen LogP contribution is -2.25. The van der Waals surface area contributed by atoms with Crippen LogP contribution in [0.4, 0.5) is 0 Å². The van der Waals surface area contributed by atoms with E-state index in [-0.39, 0.29) is 0 Å². The van der Waals surface area contributed by atoms with Crippen molar-refractivity contribution in [3.63, 3.8) is 0 Å². The van der Waals surface area contributed by atoms with Crippen molar-refractivity contribution in [3.05, 3.63) is 68.7 Å². The molecular formula is C17H17BrClN. The first-order chi connectivity index (χ1) is 9.69. The van der Waals surface area contributed by atoms with E-state index in [4.69, 9.17) is 11.6 Å². The van der Waals surface area contributed by atoms with Crippen LogP contribution in [0, 0.1) is 0 Å². The van der Waals surface area contributed by atoms with Gasteiger partial charge >= 0.3 is 0 Å². The summed E-state index contributed by atoms with van der Waals surface area (Å²) in [4.78, 5) is 0. The molecule has 0 aliphatic heterocycles. The Kier molecular flexibility index (Phi) is 4.16. The fourth-order valence-electron chi connectivity index (χ4n) is 3.04. The van der Waals surface area contributed by atoms with E-state index >= 15 is 0 Å². The maximum Gasteiger partial charge on any atom is 0.0465 e. The molecule has 0 aromatic heterocycles. The van der Waals surface area contributed by atoms with Crippen molar-refractivity contribution in [2.45, 2.75) is 24.8 Å². The topological polar surface area (TPSA) is 12.0 Å². The molecule has 20 heavy (non-hydrogen) atoms. The van der Waals surface area contributed by atoms with Crippen LogP contribution in [0.25, 0.3) is 0 Å². The fourth-order valence-corrected chi connectivity index (χ4v) is 3.85. The number of nitrogens with one attached hydrogen (secondary N) is 1. The van der Waals surface area contributed by atoms with Crippen LogP contribution in [0.5, 0.6) is 0 Å². The van der Waals surface area contributed by atoms with Crippen LogP contribution >= 0.6 is 27.5 Å². The highest BCUT2D eigenvalue weighted by atomic mass is 79.9. The van der Waals surface area contributed by atoms with Gasteiger partial charge in [0.25, 0.3) is 0 Å². The Bertz CT molecular complexity index is 626. The van der Waals surface area contributed by atoms with Crippen molar-refractivity contribution >= 4 is 27.5 Å². The zero-order chi connectivity index (χ0) is 14.1. The van der Waals surface area contributed by atoms with Crippen LogP contribution in [-0.2, 0) is 6.42 Å². The van der Waals surface area contributed by atoms with Gasteiger partial charge in [-0.2, -0.15) is 0 Å². The molecule has 0 radical (unpaired) electrons. The molecule has 1 aliphatic carbocycles. The Hall–Kier alpha value is -0.830. The van der Waals surface area contributed by atoms with Gasteiger partial charge in [0, 0.05) is 15.5 Å². The van der Waals surface area contributed by atoms with Gasteiger partial charge in [0.1, 0.15) is 0 Å². The predicted octanol–water partition coefficient (Wildman–Crippen LogP) is 5.09. The second-order valence-corrected chi connectivity index (χ2v) is 6.67. The Balaban J connectivity index is 1.79. The van der Waals surface area contributed by atoms with Gasteiger partial charge in [0.2, 0.25) is 0 Å². The molecule has 0 saturated carbocycles. The monoisotopic (exact) mass is 349 g/mol. The smallest absolute Gasteiger partial charge is 0.0465 e. The highest BCUT2D eigenvalue weighted by Gasteiger charge is 2.28. The maximum absolute atomic E-state index is 6.38. The normalized spacial score (nSPS) is 18.2. The molecule has 2 aromatic rings. The zero-order valence-electron chi connectivity index (χ0n) is 11.4. The second-order valence-electron chi connectivity index (χ2n) is 5.34. The lowest BCUT2D eigenvalue weighted by atomic mass is 9.74. The molecule has 2 aromatic carbocycles. The lowest BCUT2D eigenvalue weighted by Gasteiger charge is -2.33. The van der Waals surface area contributed by atoms with Gasteiger partial charge in [0.15, 0.2) is 0 Å². The third-order valence-electron chi connectivity index (χ3n) is 4.17. The van der Waals surface area contributed by atoms with Crippen molar-refractivity contribution in [2.75, 3.05) is 7.05 Å². The molecule has 104 valence electrons. The van der Waals surface area contributed by atoms with E-state index in [1.54, 1.807) is 0 Å². The summed E-state index contributed by atoms with van der Waals surface area (Å²) in [6.07, 6.45) is 2.28. The minimum absolute atomic E-state index is 0.300. The summed E-state index contributed by atoms with van der Waals surface area (Å²) in [7, 11) is 2.01. The summed E-state index contributed by atoms with van der Waals surface area (Å²) in [6, 6.07) is 15.2. The first-order valence-electron chi connectivity index (χ1n) is 6.89. The standard InChI is InChI=1S/C17H17BrClN/c1-20-17(15-7-6-13(18)10-16(15)19)9-12-8-11-4-2-3-5-14(11)12/h2-7,10,12,17,20H,8-9H2,1H3. The van der Waals surface area contributed by atoms with Crippen molar-refractivity contribution in [1.29, 1.82) is 0 Å². The molecule has 0 fully saturated rings. The second kappa shape index (κ2) is 5.88. The minimum Gasteiger partial charge on any atom is -0.313 e. The van der Waals surface area contributed by atoms with Crippen LogP contribution in [0.15, 0.2) is 46.9 Å². The van der Waals surface area contributed by atoms with Gasteiger partial charge in [0.05, 0.1) is 0 Å². The van der Waals surface area contributed by atoms with Crippen molar-refractivity contribution in [3.8, 4) is 0 Å². The van der Waals surface area contributed by atoms with Crippen molar-refractivity contribution < 1.29 is 0 Å². The van der Waals surface area contributed by atoms with Crippen LogP contribution in [0.2, 0.25) is 5.02 Å². The third kappa shape index (κ3) is 2.65. The first kappa shape index (κ1) is 14.1. The number of hydrogen-bond acceptors (Lipinski definition) is 1. The molecule has 0 spiro atoms. The zero-order valence-corrected chi connectivity index (χ0v) is 13.7. The van der Waals surface area contributed by atoms with E-state index in [2.05, 4.69) is 57.6 Å². The molecule has 3 heteroatoms. The van der Waals surface area contributed by atoms with Crippen LogP contribution < -0.4 is 5.32 Å². The van der Waals surface area contributed by atoms with E-state index < -0.39 is 0 Å². The van der Waals surface area contributed by atoms with Crippen LogP contribution in [0.3, 0.4) is 0 Å². The number of hydrogen-bond donors (Lipinski definition) is 1. The molecule has 2 unspecified atom stereocenters. The molecule has 0 heterocycles. The van der Waals surface area contributed by atoms with Crippen molar-refractivity contribution in [1.82, 2.24) is 5.32 Å². The molecule has 1 nitrogen and oxygen atoms in total. The maximum atomic E-state index is 6.38. The van der Waals surface area contributed by atoms with Gasteiger partial charge in [-0.25, -0.2) is 0 Å². The fraction of sp³-hybridized carbons (Fsp3) is 0.294. The number of fused-ring (bicyclic) bond motifs is 1. The SMILES string of the molecule is CNC(CC1Cc2ccccc21)c1ccc(Br)cc1Cl. The van der Waals surface area contributed by atoms with Crippen molar-refractivity contribution in [2.24, 2.45) is 0 Å². The number of benzene rings is 2. The summed E-state index contributed by atoms with van der Waals surface area (Å²) < 4.78 is 1.02. The summed E-state index contributed by atoms with van der Waals surface area (Å²) in [5, 5.41) is 4.23. The average molecular weight is 351 g/mol. The molecule has 1 aliphatic rings. The Labute approximate surface area is 133 Å². The summed E-state index contributed by atoms with van der Waals surface area (Å²) in [5.41, 5.74) is 4.18. The van der Waals surface area contributed by atoms with E-state index in [0.717, 1.165) is 15.9 Å². The highest BCUT2D eigenvalue weighted by molar-refractivity contribution is 9.10. The van der Waals surface area contributed by atoms with Gasteiger partial charge in [-0.05, 0) is 54.6 Å². The molecular weight excluding hydrogens is 334 g/mol. The van der Waals surface area contributed by atoms with E-state index in [9.17, 15) is 0 Å². The van der Waals surface area contributed by atoms with Crippen LogP contribution in [-0.4, -0.2) is 7.05 Å². The molecule has 3 rings (SSSR count). The van der Waals surface area contributed by atoms with Crippen LogP contribution in [0.1, 0.15) is 35.1 Å². The van der Waals surface area contributed by atoms with Gasteiger partial charge in [-0.3, -0.25) is 0 Å².